The molecule has 0 amide bonds. The molecule has 0 spiro atoms. The molecule has 0 unspecified atom stereocenters. The molecule has 52 valence electrons. The van der Waals surface area contributed by atoms with Crippen LogP contribution in [0.1, 0.15) is 0 Å². The van der Waals surface area contributed by atoms with Gasteiger partial charge in [-0.25, -0.2) is 0 Å². The van der Waals surface area contributed by atoms with Gasteiger partial charge in [0.15, 0.2) is 0 Å². The number of thiocarbonyl (C=S) groups is 1. The number of hydrogen-bond donors (Lipinski definition) is 0. The summed E-state index contributed by atoms with van der Waals surface area (Å²) in [6.07, 6.45) is 0. The zero-order chi connectivity index (χ0) is 6.86. The van der Waals surface area contributed by atoms with E-state index in [4.69, 9.17) is 0 Å². The molecule has 0 saturated heterocycles. The zero-order valence-electron chi connectivity index (χ0n) is 5.69. The number of nitrogens with zero attached hydrogens (tertiary/aromatic N) is 1. The Morgan fingerprint density at radius 1 is 1.25 bits per heavy atom. The molecule has 8 heavy (non-hydrogen) atoms. The molecule has 1 nitrogen and oxygen atoms in total. The second-order valence-electron chi connectivity index (χ2n) is 2.76. The van der Waals surface area contributed by atoms with E-state index in [-0.39, 0.29) is 0 Å². The van der Waals surface area contributed by atoms with Crippen molar-refractivity contribution in [3.63, 3.8) is 0 Å². The predicted octanol–water partition coefficient (Wildman–Crippen LogP) is 2.89. The van der Waals surface area contributed by atoms with Crippen LogP contribution in [0.4, 0.5) is 0 Å². The van der Waals surface area contributed by atoms with Crippen LogP contribution in [0.2, 0.25) is 22.1 Å². The summed E-state index contributed by atoms with van der Waals surface area (Å²) in [7, 11) is 0. The molecule has 0 aromatic rings. The summed E-state index contributed by atoms with van der Waals surface area (Å²) in [5.41, 5.74) is 8.68. The van der Waals surface area contributed by atoms with Gasteiger partial charge in [-0.3, -0.25) is 0 Å². The summed E-state index contributed by atoms with van der Waals surface area (Å²) in [5.74, 6) is 0. The van der Waals surface area contributed by atoms with Crippen molar-refractivity contribution in [1.82, 2.24) is 0 Å². The molecule has 0 bridgehead atoms. The molecule has 0 saturated carbocycles. The summed E-state index contributed by atoms with van der Waals surface area (Å²) in [5, 5.41) is 2.43. The zero-order valence-corrected chi connectivity index (χ0v) is 8.14. The Morgan fingerprint density at radius 3 is 1.62 bits per heavy atom. The molecular weight excluding hydrogens is 209 g/mol. The molecule has 0 aliphatic carbocycles. The van der Waals surface area contributed by atoms with Crippen molar-refractivity contribution in [2.75, 3.05) is 0 Å². The van der Waals surface area contributed by atoms with Crippen LogP contribution >= 0.6 is 12.2 Å². The quantitative estimate of drug-likeness (QED) is 0.376. The van der Waals surface area contributed by atoms with E-state index in [1.807, 2.05) is 0 Å². The van der Waals surface area contributed by atoms with E-state index in [9.17, 15) is 0 Å². The molecule has 0 aliphatic rings. The van der Waals surface area contributed by atoms with Gasteiger partial charge in [0, 0.05) is 0 Å². The average Bonchev–Trinajstić information content (AvgIpc) is 1.25. The first-order valence-corrected chi connectivity index (χ1v) is 9.61. The Balaban J connectivity index is 4.38. The van der Waals surface area contributed by atoms with Crippen LogP contribution in [0, 0.1) is 0 Å². The first-order chi connectivity index (χ1) is 3.31. The Morgan fingerprint density at radius 2 is 1.62 bits per heavy atom. The molecule has 0 radical (unpaired) electrons. The molecule has 0 aliphatic heterocycles. The molecular formula is C5H12NRhS. The van der Waals surface area contributed by atoms with Crippen molar-refractivity contribution in [1.29, 1.82) is 0 Å². The van der Waals surface area contributed by atoms with Crippen molar-refractivity contribution < 1.29 is 13.8 Å². The van der Waals surface area contributed by atoms with Gasteiger partial charge in [-0.2, -0.15) is 0 Å². The first kappa shape index (κ1) is 8.42. The van der Waals surface area contributed by atoms with E-state index >= 15 is 0 Å². The van der Waals surface area contributed by atoms with Crippen LogP contribution in [-0.4, -0.2) is 5.16 Å². The first-order valence-electron chi connectivity index (χ1n) is 1.91. The van der Waals surface area contributed by atoms with Gasteiger partial charge in [0.1, 0.15) is 0 Å². The Kier molecular flexibility index (Phi) is 2.09. The van der Waals surface area contributed by atoms with Crippen LogP contribution in [-0.2, 0) is 13.8 Å². The predicted molar refractivity (Wildman–Crippen MR) is 38.5 cm³/mol. The molecule has 0 aromatic heterocycles. The third kappa shape index (κ3) is 6.42. The second-order valence-corrected chi connectivity index (χ2v) is 16.1. The van der Waals surface area contributed by atoms with Crippen molar-refractivity contribution in [3.8, 4) is 0 Å². The van der Waals surface area contributed by atoms with Crippen LogP contribution in [0.25, 0.3) is 0 Å². The Labute approximate surface area is 57.2 Å². The third-order valence-electron chi connectivity index (χ3n) is 0.329. The van der Waals surface area contributed by atoms with E-state index < -0.39 is 13.8 Å². The average molecular weight is 221 g/mol. The Bertz CT molecular complexity index is 129. The van der Waals surface area contributed by atoms with Gasteiger partial charge in [0.05, 0.1) is 0 Å². The summed E-state index contributed by atoms with van der Waals surface area (Å²) in [6, 6.07) is 0. The van der Waals surface area contributed by atoms with Gasteiger partial charge in [-0.05, 0) is 0 Å². The van der Waals surface area contributed by atoms with Gasteiger partial charge in [0.2, 0.25) is 0 Å². The molecule has 0 rings (SSSR count). The van der Waals surface area contributed by atoms with Crippen molar-refractivity contribution in [2.45, 2.75) is 22.1 Å². The maximum absolute atomic E-state index is 4.50. The fourth-order valence-corrected chi connectivity index (χ4v) is 2.16. The number of rotatable bonds is 1. The molecule has 0 N–H and O–H groups in total. The summed E-state index contributed by atoms with van der Waals surface area (Å²) >= 11 is 2.42. The fourth-order valence-electron chi connectivity index (χ4n) is 0.122. The molecule has 0 fully saturated rings. The minimum atomic E-state index is -2.07. The number of hydrogen-bond acceptors (Lipinski definition) is 2. The van der Waals surface area contributed by atoms with Crippen LogP contribution < -0.4 is 0 Å². The maximum atomic E-state index is 4.50. The fraction of sp³-hybridized carbons (Fsp3) is 0.800. The van der Waals surface area contributed by atoms with Gasteiger partial charge in [0.25, 0.3) is 0 Å². The van der Waals surface area contributed by atoms with E-state index in [1.165, 1.54) is 0 Å². The third-order valence-corrected chi connectivity index (χ3v) is 2.30. The van der Waals surface area contributed by atoms with Gasteiger partial charge in [-0.1, -0.05) is 0 Å². The standard InChI is InChI=1S/CNS.4CH3.Rh/c2-1-3;;;;;/h;4*1H3;/q-1;;;;;+1. The van der Waals surface area contributed by atoms with Gasteiger partial charge in [-0.15, -0.1) is 0 Å². The summed E-state index contributed by atoms with van der Waals surface area (Å²) in [4.78, 5) is 0. The van der Waals surface area contributed by atoms with E-state index in [0.717, 1.165) is 0 Å². The van der Waals surface area contributed by atoms with Crippen molar-refractivity contribution in [3.05, 3.63) is 0 Å². The van der Waals surface area contributed by atoms with Crippen molar-refractivity contribution in [2.24, 2.45) is 3.74 Å². The van der Waals surface area contributed by atoms with Crippen LogP contribution in [0.15, 0.2) is 3.74 Å². The minimum absolute atomic E-state index is 2.07. The van der Waals surface area contributed by atoms with E-state index in [2.05, 4.69) is 43.2 Å². The van der Waals surface area contributed by atoms with Crippen LogP contribution in [0.5, 0.6) is 0 Å². The molecule has 0 aromatic carbocycles. The summed E-state index contributed by atoms with van der Waals surface area (Å²) < 4.78 is 4.12. The molecule has 0 atom stereocenters. The Hall–Kier alpha value is 0.423. The molecule has 0 heterocycles. The topological polar surface area (TPSA) is 12.4 Å². The van der Waals surface area contributed by atoms with Crippen molar-refractivity contribution >= 4 is 17.4 Å². The monoisotopic (exact) mass is 221 g/mol. The van der Waals surface area contributed by atoms with Gasteiger partial charge >= 0.3 is 57.0 Å². The van der Waals surface area contributed by atoms with Crippen LogP contribution in [0.3, 0.4) is 0 Å². The van der Waals surface area contributed by atoms with E-state index in [1.54, 1.807) is 0 Å². The normalized spacial score (nSPS) is 15.8. The van der Waals surface area contributed by atoms with Gasteiger partial charge < -0.3 is 0 Å². The SMILES string of the molecule is [CH3][Rh]([CH3])([CH3])([CH3])[N]=C=S. The second kappa shape index (κ2) is 1.98. The summed E-state index contributed by atoms with van der Waals surface area (Å²) in [6.45, 7) is 0. The van der Waals surface area contributed by atoms with E-state index in [0.29, 0.717) is 0 Å². The molecule has 3 heteroatoms. The number of isothiocyanates is 1.